The number of amides is 2. The number of carboxylic acid groups (broad SMARTS) is 1. The number of Topliss-reactive ketones (excluding diaryl/α,β-unsaturated/α-hetero) is 1. The van der Waals surface area contributed by atoms with Gasteiger partial charge in [0, 0.05) is 6.42 Å². The predicted molar refractivity (Wildman–Crippen MR) is 55.4 cm³/mol. The van der Waals surface area contributed by atoms with Gasteiger partial charge in [-0.15, -0.1) is 0 Å². The highest BCUT2D eigenvalue weighted by molar-refractivity contribution is 5.82. The smallest absolute Gasteiger partial charge is 0.326 e. The summed E-state index contributed by atoms with van der Waals surface area (Å²) in [4.78, 5) is 31.3. The van der Waals surface area contributed by atoms with Crippen molar-refractivity contribution < 1.29 is 19.5 Å². The average molecular weight is 218 g/mol. The Bertz CT molecular complexity index is 228. The molecule has 0 bridgehead atoms. The zero-order valence-corrected chi connectivity index (χ0v) is 9.24. The fourth-order valence-corrected chi connectivity index (χ4v) is 0.777. The van der Waals surface area contributed by atoms with Crippen LogP contribution in [-0.4, -0.2) is 28.9 Å². The van der Waals surface area contributed by atoms with E-state index >= 15 is 0 Å². The minimum atomic E-state index is -1.19. The molecule has 6 heteroatoms. The molecule has 88 valence electrons. The number of hydrogen-bond donors (Lipinski definition) is 3. The van der Waals surface area contributed by atoms with Gasteiger partial charge >= 0.3 is 12.0 Å². The highest BCUT2D eigenvalue weighted by atomic mass is 16.4. The zero-order chi connectivity index (χ0) is 12.4. The molecule has 0 spiro atoms. The maximum atomic E-state index is 10.5. The predicted octanol–water partition coefficient (Wildman–Crippen LogP) is 0.503. The minimum Gasteiger partial charge on any atom is -0.480 e. The summed E-state index contributed by atoms with van der Waals surface area (Å²) in [5, 5.41) is 10.6. The Morgan fingerprint density at radius 2 is 1.80 bits per heavy atom. The number of hydrogen-bond acceptors (Lipinski definition) is 3. The third-order valence-corrected chi connectivity index (χ3v) is 1.40. The molecule has 0 aromatic rings. The van der Waals surface area contributed by atoms with Crippen molar-refractivity contribution in [3.63, 3.8) is 0 Å². The number of carboxylic acids is 1. The van der Waals surface area contributed by atoms with Crippen LogP contribution in [0.2, 0.25) is 0 Å². The summed E-state index contributed by atoms with van der Waals surface area (Å²) in [6.07, 6.45) is 0.171. The van der Waals surface area contributed by atoms with Gasteiger partial charge in [0.2, 0.25) is 0 Å². The lowest BCUT2D eigenvalue weighted by atomic mass is 10.1. The van der Waals surface area contributed by atoms with Gasteiger partial charge in [0.05, 0.1) is 0 Å². The Hall–Kier alpha value is -1.59. The molecule has 15 heavy (non-hydrogen) atoms. The molecule has 1 atom stereocenters. The second-order valence-corrected chi connectivity index (χ2v) is 2.64. The van der Waals surface area contributed by atoms with Gasteiger partial charge in [0.1, 0.15) is 11.8 Å². The summed E-state index contributed by atoms with van der Waals surface area (Å²) >= 11 is 0. The SMILES string of the molecule is CC.CC(=O)CC[C@H](NC(N)=O)C(=O)O. The number of urea groups is 1. The molecule has 6 nitrogen and oxygen atoms in total. The molecule has 0 unspecified atom stereocenters. The first kappa shape index (κ1) is 15.9. The summed E-state index contributed by atoms with van der Waals surface area (Å²) in [6.45, 7) is 5.35. The summed E-state index contributed by atoms with van der Waals surface area (Å²) < 4.78 is 0. The van der Waals surface area contributed by atoms with Gasteiger partial charge in [-0.1, -0.05) is 13.8 Å². The molecule has 0 radical (unpaired) electrons. The second-order valence-electron chi connectivity index (χ2n) is 2.64. The lowest BCUT2D eigenvalue weighted by Gasteiger charge is -2.10. The van der Waals surface area contributed by atoms with E-state index in [1.165, 1.54) is 6.92 Å². The number of rotatable bonds is 5. The molecule has 0 heterocycles. The Morgan fingerprint density at radius 3 is 2.07 bits per heavy atom. The fourth-order valence-electron chi connectivity index (χ4n) is 0.777. The van der Waals surface area contributed by atoms with Gasteiger partial charge in [0.15, 0.2) is 0 Å². The van der Waals surface area contributed by atoms with E-state index in [1.807, 2.05) is 19.2 Å². The van der Waals surface area contributed by atoms with Gasteiger partial charge < -0.3 is 21.0 Å². The van der Waals surface area contributed by atoms with Crippen molar-refractivity contribution in [3.8, 4) is 0 Å². The molecule has 4 N–H and O–H groups in total. The summed E-state index contributed by atoms with van der Waals surface area (Å²) in [6, 6.07) is -1.99. The number of carbonyl (C=O) groups excluding carboxylic acids is 2. The van der Waals surface area contributed by atoms with Crippen LogP contribution in [0, 0.1) is 0 Å². The molecular formula is C9H18N2O4. The lowest BCUT2D eigenvalue weighted by molar-refractivity contribution is -0.139. The van der Waals surface area contributed by atoms with Crippen LogP contribution in [-0.2, 0) is 9.59 Å². The van der Waals surface area contributed by atoms with Crippen LogP contribution in [0.1, 0.15) is 33.6 Å². The monoisotopic (exact) mass is 218 g/mol. The van der Waals surface area contributed by atoms with Crippen molar-refractivity contribution in [2.24, 2.45) is 5.73 Å². The van der Waals surface area contributed by atoms with E-state index < -0.39 is 18.0 Å². The lowest BCUT2D eigenvalue weighted by Crippen LogP contribution is -2.43. The van der Waals surface area contributed by atoms with Crippen molar-refractivity contribution in [2.45, 2.75) is 39.7 Å². The third kappa shape index (κ3) is 10.3. The van der Waals surface area contributed by atoms with Gasteiger partial charge in [-0.2, -0.15) is 0 Å². The molecule has 0 aliphatic carbocycles. The van der Waals surface area contributed by atoms with Gasteiger partial charge in [-0.05, 0) is 13.3 Å². The molecule has 0 saturated carbocycles. The molecule has 0 aliphatic heterocycles. The van der Waals surface area contributed by atoms with Crippen molar-refractivity contribution in [2.75, 3.05) is 0 Å². The van der Waals surface area contributed by atoms with Gasteiger partial charge in [-0.25, -0.2) is 9.59 Å². The summed E-state index contributed by atoms with van der Waals surface area (Å²) in [5.74, 6) is -1.32. The standard InChI is InChI=1S/C7H12N2O4.C2H6/c1-4(10)2-3-5(6(11)12)9-7(8)13;1-2/h5H,2-3H2,1H3,(H,11,12)(H3,8,9,13);1-2H3/t5-;/m0./s1. The Morgan fingerprint density at radius 1 is 1.33 bits per heavy atom. The molecule has 0 fully saturated rings. The van der Waals surface area contributed by atoms with E-state index in [2.05, 4.69) is 0 Å². The van der Waals surface area contributed by atoms with E-state index in [0.29, 0.717) is 0 Å². The molecule has 0 saturated heterocycles. The molecular weight excluding hydrogens is 200 g/mol. The minimum absolute atomic E-state index is 0.0631. The highest BCUT2D eigenvalue weighted by Gasteiger charge is 2.18. The van der Waals surface area contributed by atoms with Crippen LogP contribution in [0.5, 0.6) is 0 Å². The van der Waals surface area contributed by atoms with E-state index in [1.54, 1.807) is 0 Å². The number of ketones is 1. The Balaban J connectivity index is 0. The van der Waals surface area contributed by atoms with Crippen LogP contribution in [0.4, 0.5) is 4.79 Å². The number of primary amides is 1. The van der Waals surface area contributed by atoms with E-state index in [4.69, 9.17) is 10.8 Å². The zero-order valence-electron chi connectivity index (χ0n) is 9.24. The number of nitrogens with two attached hydrogens (primary N) is 1. The molecule has 0 aromatic carbocycles. The van der Waals surface area contributed by atoms with E-state index in [9.17, 15) is 14.4 Å². The Labute approximate surface area is 88.8 Å². The average Bonchev–Trinajstić information content (AvgIpc) is 2.14. The van der Waals surface area contributed by atoms with Crippen LogP contribution < -0.4 is 11.1 Å². The van der Waals surface area contributed by atoms with Gasteiger partial charge in [-0.3, -0.25) is 0 Å². The summed E-state index contributed by atoms with van der Waals surface area (Å²) in [5.41, 5.74) is 4.74. The first-order valence-electron chi connectivity index (χ1n) is 4.71. The fraction of sp³-hybridized carbons (Fsp3) is 0.667. The molecule has 2 amide bonds. The van der Waals surface area contributed by atoms with Crippen molar-refractivity contribution in [1.29, 1.82) is 0 Å². The second kappa shape index (κ2) is 8.98. The Kier molecular flexibility index (Phi) is 9.50. The van der Waals surface area contributed by atoms with Crippen molar-refractivity contribution in [3.05, 3.63) is 0 Å². The first-order chi connectivity index (χ1) is 6.93. The normalized spacial score (nSPS) is 10.6. The molecule has 0 rings (SSSR count). The molecule has 0 aliphatic rings. The number of nitrogens with one attached hydrogen (secondary N) is 1. The quantitative estimate of drug-likeness (QED) is 0.624. The maximum absolute atomic E-state index is 10.5. The molecule has 0 aromatic heterocycles. The third-order valence-electron chi connectivity index (χ3n) is 1.40. The first-order valence-corrected chi connectivity index (χ1v) is 4.71. The van der Waals surface area contributed by atoms with Crippen LogP contribution in [0.25, 0.3) is 0 Å². The topological polar surface area (TPSA) is 109 Å². The van der Waals surface area contributed by atoms with Crippen LogP contribution in [0.3, 0.4) is 0 Å². The van der Waals surface area contributed by atoms with E-state index in [-0.39, 0.29) is 18.6 Å². The van der Waals surface area contributed by atoms with Crippen molar-refractivity contribution in [1.82, 2.24) is 5.32 Å². The highest BCUT2D eigenvalue weighted by Crippen LogP contribution is 1.98. The maximum Gasteiger partial charge on any atom is 0.326 e. The van der Waals surface area contributed by atoms with Crippen molar-refractivity contribution >= 4 is 17.8 Å². The van der Waals surface area contributed by atoms with Gasteiger partial charge in [0.25, 0.3) is 0 Å². The van der Waals surface area contributed by atoms with E-state index in [0.717, 1.165) is 0 Å². The number of aliphatic carboxylic acids is 1. The van der Waals surface area contributed by atoms with Crippen LogP contribution >= 0.6 is 0 Å². The number of carbonyl (C=O) groups is 3. The van der Waals surface area contributed by atoms with Crippen LogP contribution in [0.15, 0.2) is 0 Å². The summed E-state index contributed by atoms with van der Waals surface area (Å²) in [7, 11) is 0. The largest absolute Gasteiger partial charge is 0.480 e.